The van der Waals surface area contributed by atoms with Gasteiger partial charge in [0.2, 0.25) is 0 Å². The zero-order valence-corrected chi connectivity index (χ0v) is 12.5. The van der Waals surface area contributed by atoms with Gasteiger partial charge in [-0.1, -0.05) is 12.1 Å². The van der Waals surface area contributed by atoms with E-state index >= 15 is 0 Å². The molecule has 0 radical (unpaired) electrons. The highest BCUT2D eigenvalue weighted by Gasteiger charge is 2.12. The Morgan fingerprint density at radius 1 is 1.29 bits per heavy atom. The third-order valence-electron chi connectivity index (χ3n) is 3.26. The van der Waals surface area contributed by atoms with Crippen LogP contribution < -0.4 is 10.5 Å². The first-order chi connectivity index (χ1) is 10.3. The third-order valence-corrected chi connectivity index (χ3v) is 4.14. The molecule has 0 bridgehead atoms. The quantitative estimate of drug-likeness (QED) is 0.781. The molecule has 5 heteroatoms. The van der Waals surface area contributed by atoms with Gasteiger partial charge in [0.25, 0.3) is 0 Å². The second kappa shape index (κ2) is 6.11. The van der Waals surface area contributed by atoms with Crippen LogP contribution in [0.3, 0.4) is 0 Å². The van der Waals surface area contributed by atoms with Gasteiger partial charge < -0.3 is 14.9 Å². The zero-order valence-electron chi connectivity index (χ0n) is 11.7. The topological polar surface area (TPSA) is 61.3 Å². The number of ether oxygens (including phenoxy) is 1. The Bertz CT molecular complexity index is 689. The average molecular weight is 300 g/mol. The lowest BCUT2D eigenvalue weighted by Crippen LogP contribution is -2.13. The Morgan fingerprint density at radius 2 is 2.10 bits per heavy atom. The van der Waals surface area contributed by atoms with Gasteiger partial charge in [-0.3, -0.25) is 0 Å². The number of furan rings is 1. The van der Waals surface area contributed by atoms with Gasteiger partial charge in [-0.15, -0.1) is 11.3 Å². The molecule has 0 aliphatic rings. The minimum atomic E-state index is -0.0773. The third kappa shape index (κ3) is 3.15. The van der Waals surface area contributed by atoms with E-state index in [1.54, 1.807) is 24.7 Å². The molecule has 0 fully saturated rings. The van der Waals surface area contributed by atoms with Crippen LogP contribution in [0.1, 0.15) is 16.6 Å². The molecule has 4 nitrogen and oxygen atoms in total. The van der Waals surface area contributed by atoms with Gasteiger partial charge in [0.1, 0.15) is 11.4 Å². The largest absolute Gasteiger partial charge is 0.497 e. The summed E-state index contributed by atoms with van der Waals surface area (Å²) in [6, 6.07) is 11.5. The SMILES string of the molecule is COc1ccc(C(N)Cc2nc(-c3ccco3)cs2)cc1. The predicted octanol–water partition coefficient (Wildman–Crippen LogP) is 3.65. The lowest BCUT2D eigenvalue weighted by molar-refractivity contribution is 0.414. The smallest absolute Gasteiger partial charge is 0.153 e. The van der Waals surface area contributed by atoms with Crippen molar-refractivity contribution in [3.05, 3.63) is 58.6 Å². The minimum absolute atomic E-state index is 0.0773. The van der Waals surface area contributed by atoms with Crippen molar-refractivity contribution in [3.63, 3.8) is 0 Å². The lowest BCUT2D eigenvalue weighted by atomic mass is 10.1. The normalized spacial score (nSPS) is 12.3. The number of aromatic nitrogens is 1. The van der Waals surface area contributed by atoms with Gasteiger partial charge in [-0.25, -0.2) is 4.98 Å². The number of thiazole rings is 1. The van der Waals surface area contributed by atoms with Crippen molar-refractivity contribution in [2.45, 2.75) is 12.5 Å². The molecule has 0 saturated heterocycles. The Morgan fingerprint density at radius 3 is 2.76 bits per heavy atom. The Labute approximate surface area is 127 Å². The predicted molar refractivity (Wildman–Crippen MR) is 83.4 cm³/mol. The lowest BCUT2D eigenvalue weighted by Gasteiger charge is -2.10. The van der Waals surface area contributed by atoms with Crippen molar-refractivity contribution < 1.29 is 9.15 Å². The van der Waals surface area contributed by atoms with Crippen molar-refractivity contribution in [1.82, 2.24) is 4.98 Å². The van der Waals surface area contributed by atoms with Gasteiger partial charge in [-0.2, -0.15) is 0 Å². The maximum Gasteiger partial charge on any atom is 0.153 e. The number of benzene rings is 1. The maximum absolute atomic E-state index is 6.25. The van der Waals surface area contributed by atoms with Gasteiger partial charge in [0, 0.05) is 17.8 Å². The highest BCUT2D eigenvalue weighted by molar-refractivity contribution is 7.09. The molecule has 2 N–H and O–H groups in total. The molecular weight excluding hydrogens is 284 g/mol. The van der Waals surface area contributed by atoms with Crippen LogP contribution in [0.4, 0.5) is 0 Å². The molecule has 21 heavy (non-hydrogen) atoms. The summed E-state index contributed by atoms with van der Waals surface area (Å²) in [5, 5.41) is 3.00. The van der Waals surface area contributed by atoms with E-state index in [1.165, 1.54) is 0 Å². The van der Waals surface area contributed by atoms with Gasteiger partial charge in [0.15, 0.2) is 5.76 Å². The van der Waals surface area contributed by atoms with Crippen LogP contribution in [0.25, 0.3) is 11.5 Å². The van der Waals surface area contributed by atoms with Gasteiger partial charge in [-0.05, 0) is 29.8 Å². The summed E-state index contributed by atoms with van der Waals surface area (Å²) in [7, 11) is 1.65. The first kappa shape index (κ1) is 13.9. The molecule has 0 aliphatic carbocycles. The first-order valence-corrected chi connectivity index (χ1v) is 7.52. The molecule has 1 atom stereocenters. The molecule has 0 saturated carbocycles. The number of rotatable bonds is 5. The summed E-state index contributed by atoms with van der Waals surface area (Å²) < 4.78 is 10.5. The van der Waals surface area contributed by atoms with Crippen molar-refractivity contribution in [3.8, 4) is 17.2 Å². The van der Waals surface area contributed by atoms with Crippen LogP contribution in [0.15, 0.2) is 52.5 Å². The summed E-state index contributed by atoms with van der Waals surface area (Å²) in [6.45, 7) is 0. The van der Waals surface area contributed by atoms with E-state index in [4.69, 9.17) is 14.9 Å². The Balaban J connectivity index is 1.70. The van der Waals surface area contributed by atoms with E-state index in [1.807, 2.05) is 41.8 Å². The van der Waals surface area contributed by atoms with Crippen molar-refractivity contribution in [2.24, 2.45) is 5.73 Å². The molecule has 2 aromatic heterocycles. The fraction of sp³-hybridized carbons (Fsp3) is 0.188. The average Bonchev–Trinajstić information content (AvgIpc) is 3.18. The number of nitrogens with zero attached hydrogens (tertiary/aromatic N) is 1. The second-order valence-corrected chi connectivity index (χ2v) is 5.63. The highest BCUT2D eigenvalue weighted by atomic mass is 32.1. The van der Waals surface area contributed by atoms with E-state index in [2.05, 4.69) is 4.98 Å². The molecule has 1 aromatic carbocycles. The number of hydrogen-bond donors (Lipinski definition) is 1. The van der Waals surface area contributed by atoms with E-state index < -0.39 is 0 Å². The molecule has 1 unspecified atom stereocenters. The highest BCUT2D eigenvalue weighted by Crippen LogP contribution is 2.25. The summed E-state index contributed by atoms with van der Waals surface area (Å²) >= 11 is 1.60. The summed E-state index contributed by atoms with van der Waals surface area (Å²) in [5.74, 6) is 1.62. The molecule has 0 spiro atoms. The molecule has 2 heterocycles. The van der Waals surface area contributed by atoms with E-state index in [0.29, 0.717) is 6.42 Å². The van der Waals surface area contributed by atoms with Crippen LogP contribution in [-0.4, -0.2) is 12.1 Å². The van der Waals surface area contributed by atoms with Gasteiger partial charge >= 0.3 is 0 Å². The van der Waals surface area contributed by atoms with E-state index in [9.17, 15) is 0 Å². The Hall–Kier alpha value is -2.11. The summed E-state index contributed by atoms with van der Waals surface area (Å²) in [4.78, 5) is 4.57. The molecule has 3 aromatic rings. The molecule has 3 rings (SSSR count). The number of hydrogen-bond acceptors (Lipinski definition) is 5. The summed E-state index contributed by atoms with van der Waals surface area (Å²) in [6.07, 6.45) is 2.36. The van der Waals surface area contributed by atoms with Crippen LogP contribution in [0.2, 0.25) is 0 Å². The Kier molecular flexibility index (Phi) is 4.03. The second-order valence-electron chi connectivity index (χ2n) is 4.69. The number of methoxy groups -OCH3 is 1. The van der Waals surface area contributed by atoms with Crippen LogP contribution >= 0.6 is 11.3 Å². The van der Waals surface area contributed by atoms with Crippen LogP contribution in [0, 0.1) is 0 Å². The van der Waals surface area contributed by atoms with Crippen molar-refractivity contribution in [1.29, 1.82) is 0 Å². The fourth-order valence-corrected chi connectivity index (χ4v) is 2.94. The maximum atomic E-state index is 6.25. The van der Waals surface area contributed by atoms with Crippen LogP contribution in [-0.2, 0) is 6.42 Å². The molecule has 108 valence electrons. The fourth-order valence-electron chi connectivity index (χ4n) is 2.10. The van der Waals surface area contributed by atoms with Crippen LogP contribution in [0.5, 0.6) is 5.75 Å². The van der Waals surface area contributed by atoms with E-state index in [-0.39, 0.29) is 6.04 Å². The summed E-state index contributed by atoms with van der Waals surface area (Å²) in [5.41, 5.74) is 8.19. The number of nitrogens with two attached hydrogens (primary N) is 1. The van der Waals surface area contributed by atoms with Crippen molar-refractivity contribution >= 4 is 11.3 Å². The van der Waals surface area contributed by atoms with E-state index in [0.717, 1.165) is 27.8 Å². The monoisotopic (exact) mass is 300 g/mol. The molecule has 0 amide bonds. The van der Waals surface area contributed by atoms with Gasteiger partial charge in [0.05, 0.1) is 18.4 Å². The first-order valence-electron chi connectivity index (χ1n) is 6.64. The molecule has 0 aliphatic heterocycles. The van der Waals surface area contributed by atoms with Crippen molar-refractivity contribution in [2.75, 3.05) is 7.11 Å². The standard InChI is InChI=1S/C16H16N2O2S/c1-19-12-6-4-11(5-7-12)13(17)9-16-18-14(10-21-16)15-3-2-8-20-15/h2-8,10,13H,9,17H2,1H3. The minimum Gasteiger partial charge on any atom is -0.497 e. The zero-order chi connectivity index (χ0) is 14.7. The molecular formula is C16H16N2O2S.